The molecule has 1 heterocycles. The average Bonchev–Trinajstić information content (AvgIpc) is 2.68. The van der Waals surface area contributed by atoms with Gasteiger partial charge in [-0.2, -0.15) is 5.01 Å². The summed E-state index contributed by atoms with van der Waals surface area (Å²) in [6.07, 6.45) is 0. The molecule has 4 rings (SSSR count). The molecule has 0 saturated carbocycles. The number of nitrogens with one attached hydrogen (secondary N) is 2. The summed E-state index contributed by atoms with van der Waals surface area (Å²) in [5, 5.41) is 5.74. The van der Waals surface area contributed by atoms with Gasteiger partial charge in [-0.25, -0.2) is 0 Å². The van der Waals surface area contributed by atoms with E-state index in [4.69, 9.17) is 12.2 Å². The van der Waals surface area contributed by atoms with Gasteiger partial charge in [-0.05, 0) is 35.3 Å². The van der Waals surface area contributed by atoms with Gasteiger partial charge in [0, 0.05) is 11.9 Å². The second-order valence-electron chi connectivity index (χ2n) is 5.94. The third-order valence-corrected chi connectivity index (χ3v) is 4.52. The molecule has 5 nitrogen and oxygen atoms in total. The number of nitrogens with zero attached hydrogens (tertiary/aromatic N) is 1. The Morgan fingerprint density at radius 1 is 0.846 bits per heavy atom. The van der Waals surface area contributed by atoms with Gasteiger partial charge in [-0.3, -0.25) is 15.0 Å². The van der Waals surface area contributed by atoms with Crippen LogP contribution in [0.2, 0.25) is 0 Å². The van der Waals surface area contributed by atoms with Crippen LogP contribution in [0.1, 0.15) is 26.3 Å². The molecule has 0 fully saturated rings. The summed E-state index contributed by atoms with van der Waals surface area (Å²) in [4.78, 5) is 25.6. The molecule has 26 heavy (non-hydrogen) atoms. The number of thiocarbonyl (C=S) groups is 1. The fraction of sp³-hybridized carbons (Fsp3) is 0.0500. The van der Waals surface area contributed by atoms with E-state index in [1.807, 2.05) is 42.5 Å². The molecule has 6 heteroatoms. The molecule has 2 N–H and O–H groups in total. The maximum absolute atomic E-state index is 12.8. The van der Waals surface area contributed by atoms with Gasteiger partial charge in [0.05, 0.1) is 11.1 Å². The van der Waals surface area contributed by atoms with Crippen molar-refractivity contribution in [3.63, 3.8) is 0 Å². The fourth-order valence-corrected chi connectivity index (χ4v) is 3.21. The van der Waals surface area contributed by atoms with Crippen molar-refractivity contribution in [2.75, 3.05) is 0 Å². The summed E-state index contributed by atoms with van der Waals surface area (Å²) < 4.78 is 0. The monoisotopic (exact) mass is 361 g/mol. The van der Waals surface area contributed by atoms with Crippen LogP contribution in [-0.4, -0.2) is 21.9 Å². The first-order chi connectivity index (χ1) is 12.6. The zero-order valence-electron chi connectivity index (χ0n) is 13.7. The normalized spacial score (nSPS) is 13.0. The Morgan fingerprint density at radius 3 is 2.08 bits per heavy atom. The summed E-state index contributed by atoms with van der Waals surface area (Å²) in [7, 11) is 0. The van der Waals surface area contributed by atoms with E-state index in [1.165, 1.54) is 0 Å². The number of benzene rings is 3. The Bertz CT molecular complexity index is 983. The summed E-state index contributed by atoms with van der Waals surface area (Å²) in [6, 6.07) is 20.5. The van der Waals surface area contributed by atoms with Gasteiger partial charge in [-0.1, -0.05) is 54.6 Å². The summed E-state index contributed by atoms with van der Waals surface area (Å²) in [5.74, 6) is -0.827. The molecule has 0 aromatic heterocycles. The number of imide groups is 1. The van der Waals surface area contributed by atoms with Crippen LogP contribution in [0.3, 0.4) is 0 Å². The smallest absolute Gasteiger partial charge is 0.280 e. The molecule has 0 saturated heterocycles. The molecule has 1 aliphatic heterocycles. The Balaban J connectivity index is 1.56. The lowest BCUT2D eigenvalue weighted by Crippen LogP contribution is -2.54. The second-order valence-corrected chi connectivity index (χ2v) is 6.34. The van der Waals surface area contributed by atoms with Gasteiger partial charge in [0.25, 0.3) is 11.8 Å². The molecular weight excluding hydrogens is 346 g/mol. The van der Waals surface area contributed by atoms with Gasteiger partial charge in [0.15, 0.2) is 5.11 Å². The average molecular weight is 361 g/mol. The van der Waals surface area contributed by atoms with Crippen molar-refractivity contribution in [2.45, 2.75) is 6.54 Å². The van der Waals surface area contributed by atoms with Gasteiger partial charge < -0.3 is 5.32 Å². The number of hydrogen-bond acceptors (Lipinski definition) is 3. The quantitative estimate of drug-likeness (QED) is 0.555. The van der Waals surface area contributed by atoms with Crippen LogP contribution in [0.4, 0.5) is 0 Å². The predicted molar refractivity (Wildman–Crippen MR) is 103 cm³/mol. The maximum Gasteiger partial charge on any atom is 0.280 e. The number of hydrazine groups is 1. The van der Waals surface area contributed by atoms with E-state index < -0.39 is 11.8 Å². The SMILES string of the molecule is O=C1c2cccc3cccc(c23)C(=O)N1NC(=S)NCc1ccccc1. The number of hydrogen-bond donors (Lipinski definition) is 2. The standard InChI is InChI=1S/C20H15N3O2S/c24-18-15-10-4-8-14-9-5-11-16(17(14)15)19(25)23(18)22-20(26)21-12-13-6-2-1-3-7-13/h1-11H,12H2,(H2,21,22,26). The lowest BCUT2D eigenvalue weighted by molar-refractivity contribution is 0.0566. The number of amides is 2. The van der Waals surface area contributed by atoms with E-state index in [2.05, 4.69) is 10.7 Å². The minimum Gasteiger partial charge on any atom is -0.357 e. The minimum atomic E-state index is -0.414. The molecule has 3 aromatic rings. The van der Waals surface area contributed by atoms with Crippen molar-refractivity contribution in [2.24, 2.45) is 0 Å². The molecule has 2 amide bonds. The van der Waals surface area contributed by atoms with Crippen LogP contribution in [0.25, 0.3) is 10.8 Å². The Kier molecular flexibility index (Phi) is 4.10. The first-order valence-corrected chi connectivity index (χ1v) is 8.55. The molecule has 0 atom stereocenters. The molecule has 3 aromatic carbocycles. The molecule has 1 aliphatic rings. The highest BCUT2D eigenvalue weighted by atomic mass is 32.1. The highest BCUT2D eigenvalue weighted by Crippen LogP contribution is 2.29. The van der Waals surface area contributed by atoms with Gasteiger partial charge in [0.1, 0.15) is 0 Å². The topological polar surface area (TPSA) is 61.4 Å². The van der Waals surface area contributed by atoms with Crippen molar-refractivity contribution < 1.29 is 9.59 Å². The van der Waals surface area contributed by atoms with Crippen molar-refractivity contribution in [3.8, 4) is 0 Å². The van der Waals surface area contributed by atoms with Crippen molar-refractivity contribution in [1.82, 2.24) is 15.8 Å². The maximum atomic E-state index is 12.8. The van der Waals surface area contributed by atoms with Crippen LogP contribution in [0.15, 0.2) is 66.7 Å². The summed E-state index contributed by atoms with van der Waals surface area (Å²) >= 11 is 5.25. The predicted octanol–water partition coefficient (Wildman–Crippen LogP) is 3.02. The molecule has 0 aliphatic carbocycles. The minimum absolute atomic E-state index is 0.210. The molecule has 0 bridgehead atoms. The number of carbonyl (C=O) groups excluding carboxylic acids is 2. The van der Waals surface area contributed by atoms with Gasteiger partial charge in [0.2, 0.25) is 0 Å². The Labute approximate surface area is 155 Å². The van der Waals surface area contributed by atoms with Crippen LogP contribution in [0, 0.1) is 0 Å². The third-order valence-electron chi connectivity index (χ3n) is 4.28. The molecule has 0 radical (unpaired) electrons. The van der Waals surface area contributed by atoms with E-state index in [-0.39, 0.29) is 5.11 Å². The lowest BCUT2D eigenvalue weighted by Gasteiger charge is -2.28. The van der Waals surface area contributed by atoms with E-state index >= 15 is 0 Å². The highest BCUT2D eigenvalue weighted by Gasteiger charge is 2.33. The number of carbonyl (C=O) groups is 2. The largest absolute Gasteiger partial charge is 0.357 e. The van der Waals surface area contributed by atoms with Gasteiger partial charge in [-0.15, -0.1) is 0 Å². The number of rotatable bonds is 3. The van der Waals surface area contributed by atoms with E-state index in [0.29, 0.717) is 23.1 Å². The van der Waals surface area contributed by atoms with E-state index in [9.17, 15) is 9.59 Å². The third kappa shape index (κ3) is 2.80. The van der Waals surface area contributed by atoms with E-state index in [1.54, 1.807) is 24.3 Å². The second kappa shape index (κ2) is 6.57. The molecule has 0 spiro atoms. The van der Waals surface area contributed by atoms with E-state index in [0.717, 1.165) is 16.0 Å². The van der Waals surface area contributed by atoms with Crippen LogP contribution in [0.5, 0.6) is 0 Å². The Morgan fingerprint density at radius 2 is 1.46 bits per heavy atom. The first-order valence-electron chi connectivity index (χ1n) is 8.14. The summed E-state index contributed by atoms with van der Waals surface area (Å²) in [5.41, 5.74) is 4.74. The Hall–Kier alpha value is -3.25. The lowest BCUT2D eigenvalue weighted by atomic mass is 9.95. The van der Waals surface area contributed by atoms with Crippen LogP contribution < -0.4 is 10.7 Å². The van der Waals surface area contributed by atoms with Gasteiger partial charge >= 0.3 is 0 Å². The van der Waals surface area contributed by atoms with Crippen molar-refractivity contribution in [1.29, 1.82) is 0 Å². The first kappa shape index (κ1) is 16.2. The van der Waals surface area contributed by atoms with Crippen LogP contribution in [-0.2, 0) is 6.54 Å². The zero-order valence-corrected chi connectivity index (χ0v) is 14.5. The van der Waals surface area contributed by atoms with Crippen molar-refractivity contribution in [3.05, 3.63) is 83.4 Å². The fourth-order valence-electron chi connectivity index (χ4n) is 3.05. The molecule has 0 unspecified atom stereocenters. The molecular formula is C20H15N3O2S. The van der Waals surface area contributed by atoms with Crippen molar-refractivity contribution >= 4 is 39.9 Å². The summed E-state index contributed by atoms with van der Waals surface area (Å²) in [6.45, 7) is 0.495. The molecule has 128 valence electrons. The van der Waals surface area contributed by atoms with Crippen LogP contribution >= 0.6 is 12.2 Å². The zero-order chi connectivity index (χ0) is 18.1. The highest BCUT2D eigenvalue weighted by molar-refractivity contribution is 7.80.